The zero-order valence-electron chi connectivity index (χ0n) is 8.86. The zero-order valence-corrected chi connectivity index (χ0v) is 8.86. The minimum absolute atomic E-state index is 0.638. The Bertz CT molecular complexity index is 500. The van der Waals surface area contributed by atoms with Gasteiger partial charge in [-0.15, -0.1) is 0 Å². The predicted octanol–water partition coefficient (Wildman–Crippen LogP) is 2.80. The van der Waals surface area contributed by atoms with Crippen LogP contribution in [0.5, 0.6) is 0 Å². The van der Waals surface area contributed by atoms with Gasteiger partial charge < -0.3 is 10.2 Å². The van der Waals surface area contributed by atoms with Crippen LogP contribution in [0.1, 0.15) is 23.7 Å². The molecule has 0 radical (unpaired) electrons. The summed E-state index contributed by atoms with van der Waals surface area (Å²) in [6, 6.07) is 8.27. The van der Waals surface area contributed by atoms with Crippen LogP contribution in [0.4, 0.5) is 0 Å². The van der Waals surface area contributed by atoms with Crippen LogP contribution in [0.15, 0.2) is 28.7 Å². The third kappa shape index (κ3) is 1.29. The van der Waals surface area contributed by atoms with Gasteiger partial charge in [-0.2, -0.15) is 0 Å². The van der Waals surface area contributed by atoms with Crippen LogP contribution in [0, 0.1) is 12.8 Å². The first-order valence-electron chi connectivity index (χ1n) is 5.49. The molecule has 2 aromatic rings. The first kappa shape index (κ1) is 8.98. The summed E-state index contributed by atoms with van der Waals surface area (Å²) in [6.45, 7) is 2.85. The van der Waals surface area contributed by atoms with Crippen molar-refractivity contribution in [2.75, 3.05) is 6.54 Å². The molecule has 2 N–H and O–H groups in total. The van der Waals surface area contributed by atoms with Gasteiger partial charge in [-0.05, 0) is 37.8 Å². The second-order valence-electron chi connectivity index (χ2n) is 4.41. The molecule has 2 nitrogen and oxygen atoms in total. The van der Waals surface area contributed by atoms with Crippen LogP contribution in [0.25, 0.3) is 11.0 Å². The summed E-state index contributed by atoms with van der Waals surface area (Å²) in [7, 11) is 0. The van der Waals surface area contributed by atoms with E-state index in [1.54, 1.807) is 0 Å². The van der Waals surface area contributed by atoms with E-state index < -0.39 is 0 Å². The summed E-state index contributed by atoms with van der Waals surface area (Å²) in [5.41, 5.74) is 8.09. The second-order valence-corrected chi connectivity index (χ2v) is 4.41. The SMILES string of the molecule is Cc1oc2ccccc2c1C1CC1CN. The molecule has 1 heterocycles. The fraction of sp³-hybridized carbons (Fsp3) is 0.385. The second kappa shape index (κ2) is 3.11. The van der Waals surface area contributed by atoms with Gasteiger partial charge in [0.05, 0.1) is 0 Å². The van der Waals surface area contributed by atoms with Gasteiger partial charge in [0.15, 0.2) is 0 Å². The quantitative estimate of drug-likeness (QED) is 0.811. The summed E-state index contributed by atoms with van der Waals surface area (Å²) in [4.78, 5) is 0. The van der Waals surface area contributed by atoms with Crippen molar-refractivity contribution in [1.29, 1.82) is 0 Å². The van der Waals surface area contributed by atoms with Crippen LogP contribution >= 0.6 is 0 Å². The molecule has 1 aliphatic carbocycles. The van der Waals surface area contributed by atoms with Gasteiger partial charge in [-0.25, -0.2) is 0 Å². The first-order valence-corrected chi connectivity index (χ1v) is 5.49. The van der Waals surface area contributed by atoms with Crippen molar-refractivity contribution in [2.45, 2.75) is 19.3 Å². The van der Waals surface area contributed by atoms with Crippen LogP contribution in [-0.2, 0) is 0 Å². The lowest BCUT2D eigenvalue weighted by atomic mass is 10.1. The van der Waals surface area contributed by atoms with Crippen molar-refractivity contribution in [3.8, 4) is 0 Å². The number of fused-ring (bicyclic) bond motifs is 1. The smallest absolute Gasteiger partial charge is 0.134 e. The van der Waals surface area contributed by atoms with E-state index in [2.05, 4.69) is 19.1 Å². The molecular formula is C13H15NO. The number of hydrogen-bond acceptors (Lipinski definition) is 2. The van der Waals surface area contributed by atoms with Gasteiger partial charge in [0.25, 0.3) is 0 Å². The molecule has 0 bridgehead atoms. The molecule has 1 saturated carbocycles. The van der Waals surface area contributed by atoms with Crippen molar-refractivity contribution in [2.24, 2.45) is 11.7 Å². The minimum Gasteiger partial charge on any atom is -0.461 e. The zero-order chi connectivity index (χ0) is 10.4. The Labute approximate surface area is 89.1 Å². The molecule has 1 aromatic heterocycles. The molecule has 0 spiro atoms. The lowest BCUT2D eigenvalue weighted by Gasteiger charge is -1.97. The molecule has 0 amide bonds. The van der Waals surface area contributed by atoms with Gasteiger partial charge >= 0.3 is 0 Å². The summed E-state index contributed by atoms with van der Waals surface area (Å²) < 4.78 is 5.75. The maximum atomic E-state index is 5.75. The van der Waals surface area contributed by atoms with Crippen molar-refractivity contribution < 1.29 is 4.42 Å². The summed E-state index contributed by atoms with van der Waals surface area (Å²) in [5.74, 6) is 2.38. The van der Waals surface area contributed by atoms with E-state index >= 15 is 0 Å². The number of nitrogens with two attached hydrogens (primary N) is 1. The molecule has 2 heteroatoms. The molecule has 0 saturated heterocycles. The van der Waals surface area contributed by atoms with Crippen LogP contribution in [0.2, 0.25) is 0 Å². The number of benzene rings is 1. The van der Waals surface area contributed by atoms with Crippen molar-refractivity contribution in [3.63, 3.8) is 0 Å². The van der Waals surface area contributed by atoms with Gasteiger partial charge in [-0.1, -0.05) is 18.2 Å². The minimum atomic E-state index is 0.638. The van der Waals surface area contributed by atoms with E-state index in [4.69, 9.17) is 10.2 Å². The number of rotatable bonds is 2. The Hall–Kier alpha value is -1.28. The van der Waals surface area contributed by atoms with E-state index in [9.17, 15) is 0 Å². The average Bonchev–Trinajstić information content (AvgIpc) is 2.93. The standard InChI is InChI=1S/C13H15NO/c1-8-13(11-6-9(11)7-14)10-4-2-3-5-12(10)15-8/h2-5,9,11H,6-7,14H2,1H3. The Morgan fingerprint density at radius 1 is 1.40 bits per heavy atom. The first-order chi connectivity index (χ1) is 7.31. The third-order valence-electron chi connectivity index (χ3n) is 3.42. The summed E-state index contributed by atoms with van der Waals surface area (Å²) in [5, 5.41) is 1.27. The molecule has 1 aromatic carbocycles. The molecule has 3 rings (SSSR count). The maximum Gasteiger partial charge on any atom is 0.134 e. The highest BCUT2D eigenvalue weighted by atomic mass is 16.3. The topological polar surface area (TPSA) is 39.2 Å². The Balaban J connectivity index is 2.13. The largest absolute Gasteiger partial charge is 0.461 e. The lowest BCUT2D eigenvalue weighted by molar-refractivity contribution is 0.571. The predicted molar refractivity (Wildman–Crippen MR) is 60.9 cm³/mol. The molecule has 1 fully saturated rings. The summed E-state index contributed by atoms with van der Waals surface area (Å²) in [6.07, 6.45) is 1.22. The van der Waals surface area contributed by atoms with E-state index in [0.29, 0.717) is 11.8 Å². The van der Waals surface area contributed by atoms with Crippen LogP contribution < -0.4 is 5.73 Å². The third-order valence-corrected chi connectivity index (χ3v) is 3.42. The fourth-order valence-electron chi connectivity index (χ4n) is 2.51. The highest BCUT2D eigenvalue weighted by molar-refractivity contribution is 5.83. The maximum absolute atomic E-state index is 5.75. The van der Waals surface area contributed by atoms with E-state index in [0.717, 1.165) is 17.9 Å². The van der Waals surface area contributed by atoms with Crippen molar-refractivity contribution in [1.82, 2.24) is 0 Å². The number of aryl methyl sites for hydroxylation is 1. The van der Waals surface area contributed by atoms with Gasteiger partial charge in [0.2, 0.25) is 0 Å². The molecule has 1 aliphatic rings. The summed E-state index contributed by atoms with van der Waals surface area (Å²) >= 11 is 0. The van der Waals surface area contributed by atoms with Gasteiger partial charge in [0, 0.05) is 10.9 Å². The Morgan fingerprint density at radius 2 is 2.20 bits per heavy atom. The molecule has 2 unspecified atom stereocenters. The number of furan rings is 1. The number of para-hydroxylation sites is 1. The molecular weight excluding hydrogens is 186 g/mol. The highest BCUT2D eigenvalue weighted by Crippen LogP contribution is 2.50. The Morgan fingerprint density at radius 3 is 2.93 bits per heavy atom. The van der Waals surface area contributed by atoms with E-state index in [1.807, 2.05) is 12.1 Å². The Kier molecular flexibility index (Phi) is 1.86. The normalized spacial score (nSPS) is 24.7. The average molecular weight is 201 g/mol. The van der Waals surface area contributed by atoms with Crippen LogP contribution in [0.3, 0.4) is 0 Å². The number of hydrogen-bond donors (Lipinski definition) is 1. The monoisotopic (exact) mass is 201 g/mol. The molecule has 2 atom stereocenters. The van der Waals surface area contributed by atoms with Crippen LogP contribution in [-0.4, -0.2) is 6.54 Å². The molecule has 15 heavy (non-hydrogen) atoms. The van der Waals surface area contributed by atoms with Crippen molar-refractivity contribution >= 4 is 11.0 Å². The highest BCUT2D eigenvalue weighted by Gasteiger charge is 2.40. The van der Waals surface area contributed by atoms with E-state index in [-0.39, 0.29) is 0 Å². The lowest BCUT2D eigenvalue weighted by Crippen LogP contribution is -2.02. The van der Waals surface area contributed by atoms with E-state index in [1.165, 1.54) is 17.4 Å². The fourth-order valence-corrected chi connectivity index (χ4v) is 2.51. The van der Waals surface area contributed by atoms with Crippen molar-refractivity contribution in [3.05, 3.63) is 35.6 Å². The molecule has 78 valence electrons. The molecule has 0 aliphatic heterocycles. The van der Waals surface area contributed by atoms with Gasteiger partial charge in [-0.3, -0.25) is 0 Å². The van der Waals surface area contributed by atoms with Gasteiger partial charge in [0.1, 0.15) is 11.3 Å².